The van der Waals surface area contributed by atoms with Crippen molar-refractivity contribution in [1.82, 2.24) is 10.5 Å². The molecule has 0 aliphatic carbocycles. The molecule has 30 heavy (non-hydrogen) atoms. The Hall–Kier alpha value is -2.44. The van der Waals surface area contributed by atoms with E-state index in [4.69, 9.17) is 20.2 Å². The van der Waals surface area contributed by atoms with Crippen molar-refractivity contribution in [1.29, 1.82) is 0 Å². The number of nitrogens with two attached hydrogens (primary N) is 1. The van der Waals surface area contributed by atoms with E-state index >= 15 is 0 Å². The molecule has 0 fully saturated rings. The third-order valence-electron chi connectivity index (χ3n) is 3.68. The van der Waals surface area contributed by atoms with Gasteiger partial charge in [-0.05, 0) is 35.8 Å². The lowest BCUT2D eigenvalue weighted by molar-refractivity contribution is -0.192. The summed E-state index contributed by atoms with van der Waals surface area (Å²) < 4.78 is 38.9. The molecule has 0 aliphatic heterocycles. The number of amides is 1. The van der Waals surface area contributed by atoms with Crippen LogP contribution >= 0.6 is 27.3 Å². The number of aromatic nitrogens is 1. The van der Waals surface area contributed by atoms with E-state index < -0.39 is 17.7 Å². The summed E-state index contributed by atoms with van der Waals surface area (Å²) in [4.78, 5) is 22.4. The summed E-state index contributed by atoms with van der Waals surface area (Å²) >= 11 is 5.25. The van der Waals surface area contributed by atoms with Crippen LogP contribution in [0.25, 0.3) is 10.1 Å². The van der Waals surface area contributed by atoms with Crippen LogP contribution in [-0.2, 0) is 16.9 Å². The van der Waals surface area contributed by atoms with E-state index in [1.54, 1.807) is 25.2 Å². The number of carboxylic acids is 1. The second-order valence-corrected chi connectivity index (χ2v) is 8.55. The van der Waals surface area contributed by atoms with Gasteiger partial charge in [0, 0.05) is 19.4 Å². The van der Waals surface area contributed by atoms with E-state index in [1.807, 2.05) is 12.1 Å². The first kappa shape index (κ1) is 23.8. The summed E-state index contributed by atoms with van der Waals surface area (Å²) in [5.41, 5.74) is 6.10. The Labute approximate surface area is 181 Å². The zero-order valence-electron chi connectivity index (χ0n) is 15.7. The lowest BCUT2D eigenvalue weighted by Crippen LogP contribution is -2.33. The highest BCUT2D eigenvalue weighted by atomic mass is 79.9. The van der Waals surface area contributed by atoms with Crippen LogP contribution in [-0.4, -0.2) is 28.3 Å². The van der Waals surface area contributed by atoms with Gasteiger partial charge in [0.05, 0.1) is 12.1 Å². The Morgan fingerprint density at radius 1 is 1.30 bits per heavy atom. The molecule has 1 amide bonds. The molecule has 0 unspecified atom stereocenters. The minimum absolute atomic E-state index is 0.246. The number of hydrogen-bond acceptors (Lipinski definition) is 6. The number of hydrogen-bond donors (Lipinski definition) is 3. The van der Waals surface area contributed by atoms with Crippen LogP contribution in [0.2, 0.25) is 0 Å². The topological polar surface area (TPSA) is 118 Å². The molecule has 0 saturated carbocycles. The molecular formula is C18H17BrF3N3O4S. The van der Waals surface area contributed by atoms with Crippen molar-refractivity contribution < 1.29 is 32.4 Å². The number of thiophene rings is 1. The van der Waals surface area contributed by atoms with Gasteiger partial charge in [-0.2, -0.15) is 13.2 Å². The first-order valence-electron chi connectivity index (χ1n) is 8.30. The fraction of sp³-hybridized carbons (Fsp3) is 0.278. The van der Waals surface area contributed by atoms with Gasteiger partial charge in [0.15, 0.2) is 0 Å². The van der Waals surface area contributed by atoms with Crippen molar-refractivity contribution in [2.24, 2.45) is 5.73 Å². The van der Waals surface area contributed by atoms with Crippen LogP contribution in [0.15, 0.2) is 39.5 Å². The van der Waals surface area contributed by atoms with E-state index in [-0.39, 0.29) is 5.91 Å². The van der Waals surface area contributed by atoms with Gasteiger partial charge in [-0.25, -0.2) is 4.79 Å². The highest BCUT2D eigenvalue weighted by molar-refractivity contribution is 9.10. The number of halogens is 4. The van der Waals surface area contributed by atoms with Gasteiger partial charge in [0.1, 0.15) is 17.5 Å². The molecule has 0 saturated heterocycles. The van der Waals surface area contributed by atoms with Crippen LogP contribution in [0, 0.1) is 0 Å². The summed E-state index contributed by atoms with van der Waals surface area (Å²) in [7, 11) is 0. The molecule has 0 aliphatic rings. The highest BCUT2D eigenvalue weighted by Gasteiger charge is 2.38. The first-order valence-corrected chi connectivity index (χ1v) is 9.91. The van der Waals surface area contributed by atoms with Crippen molar-refractivity contribution in [2.45, 2.75) is 32.1 Å². The number of carboxylic acid groups (broad SMARTS) is 1. The number of nitrogens with one attached hydrogen (secondary N) is 1. The first-order chi connectivity index (χ1) is 13.8. The second-order valence-electron chi connectivity index (χ2n) is 6.62. The molecule has 162 valence electrons. The fourth-order valence-corrected chi connectivity index (χ4v) is 4.19. The molecule has 0 bridgehead atoms. The summed E-state index contributed by atoms with van der Waals surface area (Å²) in [6.07, 6.45) is -3.75. The Morgan fingerprint density at radius 2 is 1.90 bits per heavy atom. The van der Waals surface area contributed by atoms with Gasteiger partial charge in [-0.3, -0.25) is 4.79 Å². The lowest BCUT2D eigenvalue weighted by atomic mass is 9.98. The van der Waals surface area contributed by atoms with Crippen LogP contribution in [0.1, 0.15) is 34.8 Å². The van der Waals surface area contributed by atoms with E-state index in [2.05, 4.69) is 38.5 Å². The van der Waals surface area contributed by atoms with Gasteiger partial charge < -0.3 is 20.7 Å². The van der Waals surface area contributed by atoms with Gasteiger partial charge in [-0.1, -0.05) is 23.4 Å². The van der Waals surface area contributed by atoms with E-state index in [0.717, 1.165) is 14.7 Å². The molecular weight excluding hydrogens is 491 g/mol. The molecule has 0 radical (unpaired) electrons. The third-order valence-corrected chi connectivity index (χ3v) is 6.02. The Morgan fingerprint density at radius 3 is 2.43 bits per heavy atom. The molecule has 12 heteroatoms. The maximum Gasteiger partial charge on any atom is 0.490 e. The predicted octanol–water partition coefficient (Wildman–Crippen LogP) is 4.41. The molecule has 2 heterocycles. The monoisotopic (exact) mass is 507 g/mol. The van der Waals surface area contributed by atoms with Crippen molar-refractivity contribution in [3.63, 3.8) is 0 Å². The van der Waals surface area contributed by atoms with Gasteiger partial charge in [0.25, 0.3) is 5.91 Å². The van der Waals surface area contributed by atoms with Crippen molar-refractivity contribution in [2.75, 3.05) is 0 Å². The minimum Gasteiger partial charge on any atom is -0.475 e. The fourth-order valence-electron chi connectivity index (χ4n) is 2.30. The molecule has 3 rings (SSSR count). The van der Waals surface area contributed by atoms with Crippen LogP contribution < -0.4 is 11.1 Å². The number of fused-ring (bicyclic) bond motifs is 1. The zero-order chi connectivity index (χ0) is 22.7. The molecule has 0 atom stereocenters. The number of alkyl halides is 3. The lowest BCUT2D eigenvalue weighted by Gasteiger charge is -2.16. The van der Waals surface area contributed by atoms with Crippen LogP contribution in [0.5, 0.6) is 0 Å². The summed E-state index contributed by atoms with van der Waals surface area (Å²) in [6.45, 7) is 3.99. The van der Waals surface area contributed by atoms with Crippen molar-refractivity contribution in [3.8, 4) is 0 Å². The molecule has 7 nitrogen and oxygen atoms in total. The number of benzene rings is 1. The summed E-state index contributed by atoms with van der Waals surface area (Å²) in [5.74, 6) is -3.00. The van der Waals surface area contributed by atoms with Gasteiger partial charge >= 0.3 is 12.1 Å². The quantitative estimate of drug-likeness (QED) is 0.481. The van der Waals surface area contributed by atoms with E-state index in [0.29, 0.717) is 17.8 Å². The third kappa shape index (κ3) is 5.80. The molecule has 3 aromatic rings. The normalized spacial score (nSPS) is 11.7. The minimum atomic E-state index is -5.08. The number of rotatable bonds is 4. The molecule has 1 aromatic carbocycles. The van der Waals surface area contributed by atoms with Crippen LogP contribution in [0.3, 0.4) is 0 Å². The largest absolute Gasteiger partial charge is 0.490 e. The number of carbonyl (C=O) groups excluding carboxylic acids is 1. The Kier molecular flexibility index (Phi) is 7.27. The smallest absolute Gasteiger partial charge is 0.475 e. The SMILES string of the molecule is CC(C)(N)c1nocc1C(=O)NCc1sc2ccccc2c1Br.O=C(O)C(F)(F)F. The maximum atomic E-state index is 12.4. The Bertz CT molecular complexity index is 1060. The zero-order valence-corrected chi connectivity index (χ0v) is 18.1. The predicted molar refractivity (Wildman–Crippen MR) is 108 cm³/mol. The summed E-state index contributed by atoms with van der Waals surface area (Å²) in [6, 6.07) is 8.11. The number of nitrogens with zero attached hydrogens (tertiary/aromatic N) is 1. The van der Waals surface area contributed by atoms with E-state index in [9.17, 15) is 18.0 Å². The van der Waals surface area contributed by atoms with Crippen molar-refractivity contribution in [3.05, 3.63) is 51.1 Å². The standard InChI is InChI=1S/C16H16BrN3O2S.C2HF3O2/c1-16(2,18)14-10(8-22-20-14)15(21)19-7-12-13(17)9-5-3-4-6-11(9)23-12;3-2(4,5)1(6)7/h3-6,8H,7,18H2,1-2H3,(H,19,21);(H,6,7). The average Bonchev–Trinajstić information content (AvgIpc) is 3.25. The highest BCUT2D eigenvalue weighted by Crippen LogP contribution is 2.35. The van der Waals surface area contributed by atoms with Gasteiger partial charge in [-0.15, -0.1) is 11.3 Å². The summed E-state index contributed by atoms with van der Waals surface area (Å²) in [5, 5.41) is 15.0. The maximum absolute atomic E-state index is 12.4. The molecule has 0 spiro atoms. The van der Waals surface area contributed by atoms with E-state index in [1.165, 1.54) is 11.0 Å². The molecule has 2 aromatic heterocycles. The number of aliphatic carboxylic acids is 1. The Balaban J connectivity index is 0.000000396. The molecule has 4 N–H and O–H groups in total. The second kappa shape index (κ2) is 9.14. The van der Waals surface area contributed by atoms with Crippen molar-refractivity contribution >= 4 is 49.2 Å². The van der Waals surface area contributed by atoms with Gasteiger partial charge in [0.2, 0.25) is 0 Å². The van der Waals surface area contributed by atoms with Crippen LogP contribution in [0.4, 0.5) is 13.2 Å². The average molecular weight is 508 g/mol. The number of carbonyl (C=O) groups is 2.